The van der Waals surface area contributed by atoms with E-state index in [9.17, 15) is 19.0 Å². The van der Waals surface area contributed by atoms with Crippen LogP contribution in [0.25, 0.3) is 0 Å². The largest absolute Gasteiger partial charge is 0.756 e. The van der Waals surface area contributed by atoms with Crippen molar-refractivity contribution in [3.63, 3.8) is 0 Å². The molecule has 0 aliphatic heterocycles. The maximum atomic E-state index is 12.7. The monoisotopic (exact) mass is 962 g/mol. The zero-order valence-corrected chi connectivity index (χ0v) is 43.9. The number of hydrogen-bond donors (Lipinski definition) is 0. The summed E-state index contributed by atoms with van der Waals surface area (Å²) in [6.07, 6.45) is 70.2. The van der Waals surface area contributed by atoms with Crippen molar-refractivity contribution < 1.29 is 42.1 Å². The van der Waals surface area contributed by atoms with Crippen LogP contribution in [-0.4, -0.2) is 70.0 Å². The average Bonchev–Trinajstić information content (AvgIpc) is 3.30. The van der Waals surface area contributed by atoms with Crippen LogP contribution in [0.2, 0.25) is 0 Å². The lowest BCUT2D eigenvalue weighted by atomic mass is 10.1. The standard InChI is InChI=1S/C58H92NO8P/c1-6-8-10-12-14-16-18-20-22-24-26-28-29-31-33-35-37-39-41-43-45-47-49-51-58(61)67-56(55-66-68(62,63)65-53-52-59(3,4)5)54-64-57(60)50-48-46-44-42-40-38-36-34-32-30-27-25-23-21-19-17-15-13-11-9-7-2/h8-11,14-17,20-23,26-28,30-31,33-34,36-37,39-40,42,56H,6-7,12-13,18-19,24-25,29,32,35,38,41,43-55H2,1-5H3/b10-8-,11-9-,16-14-,17-15-,22-20-,23-21-,28-26-,30-27-,33-31-,36-34-,39-37-,42-40-. The zero-order valence-electron chi connectivity index (χ0n) is 43.0. The molecule has 2 atom stereocenters. The topological polar surface area (TPSA) is 111 Å². The van der Waals surface area contributed by atoms with Crippen LogP contribution < -0.4 is 4.89 Å². The van der Waals surface area contributed by atoms with Crippen LogP contribution in [0.15, 0.2) is 146 Å². The van der Waals surface area contributed by atoms with Gasteiger partial charge in [0.2, 0.25) is 0 Å². The van der Waals surface area contributed by atoms with Gasteiger partial charge in [-0.2, -0.15) is 0 Å². The molecule has 0 spiro atoms. The Balaban J connectivity index is 4.45. The highest BCUT2D eigenvalue weighted by molar-refractivity contribution is 7.45. The lowest BCUT2D eigenvalue weighted by molar-refractivity contribution is -0.870. The maximum Gasteiger partial charge on any atom is 0.306 e. The highest BCUT2D eigenvalue weighted by atomic mass is 31.2. The minimum Gasteiger partial charge on any atom is -0.756 e. The molecule has 0 aromatic heterocycles. The number of nitrogens with zero attached hydrogens (tertiary/aromatic N) is 1. The van der Waals surface area contributed by atoms with Crippen molar-refractivity contribution in [2.75, 3.05) is 47.5 Å². The van der Waals surface area contributed by atoms with Gasteiger partial charge in [-0.3, -0.25) is 14.2 Å². The van der Waals surface area contributed by atoms with Crippen LogP contribution in [0.1, 0.15) is 155 Å². The molecule has 0 bridgehead atoms. The summed E-state index contributed by atoms with van der Waals surface area (Å²) in [5.74, 6) is -0.931. The highest BCUT2D eigenvalue weighted by Gasteiger charge is 2.21. The second-order valence-corrected chi connectivity index (χ2v) is 18.8. The molecule has 0 fully saturated rings. The quantitative estimate of drug-likeness (QED) is 0.0195. The Kier molecular flexibility index (Phi) is 45.0. The molecular weight excluding hydrogens is 870 g/mol. The third-order valence-electron chi connectivity index (χ3n) is 9.85. The van der Waals surface area contributed by atoms with Crippen LogP contribution in [0.5, 0.6) is 0 Å². The summed E-state index contributed by atoms with van der Waals surface area (Å²) in [4.78, 5) is 37.7. The Hall–Kier alpha value is -4.11. The maximum absolute atomic E-state index is 12.7. The van der Waals surface area contributed by atoms with Crippen LogP contribution >= 0.6 is 7.82 Å². The van der Waals surface area contributed by atoms with Gasteiger partial charge in [0.25, 0.3) is 7.82 Å². The molecule has 10 heteroatoms. The van der Waals surface area contributed by atoms with Crippen molar-refractivity contribution in [3.8, 4) is 0 Å². The van der Waals surface area contributed by atoms with E-state index in [4.69, 9.17) is 18.5 Å². The second kappa shape index (κ2) is 47.9. The first-order chi connectivity index (χ1) is 33.0. The molecule has 0 heterocycles. The predicted octanol–water partition coefficient (Wildman–Crippen LogP) is 14.9. The van der Waals surface area contributed by atoms with Gasteiger partial charge in [0.1, 0.15) is 19.8 Å². The van der Waals surface area contributed by atoms with Crippen molar-refractivity contribution >= 4 is 19.8 Å². The first-order valence-corrected chi connectivity index (χ1v) is 27.0. The predicted molar refractivity (Wildman–Crippen MR) is 286 cm³/mol. The van der Waals surface area contributed by atoms with Gasteiger partial charge in [0.15, 0.2) is 6.10 Å². The van der Waals surface area contributed by atoms with Gasteiger partial charge in [-0.1, -0.05) is 173 Å². The molecule has 0 saturated carbocycles. The fourth-order valence-electron chi connectivity index (χ4n) is 5.95. The number of unbranched alkanes of at least 4 members (excludes halogenated alkanes) is 6. The average molecular weight is 962 g/mol. The van der Waals surface area contributed by atoms with E-state index in [2.05, 4.69) is 160 Å². The normalized spacial score (nSPS) is 14.6. The molecule has 0 radical (unpaired) electrons. The summed E-state index contributed by atoms with van der Waals surface area (Å²) in [5.41, 5.74) is 0. The fourth-order valence-corrected chi connectivity index (χ4v) is 6.68. The van der Waals surface area contributed by atoms with Crippen LogP contribution in [0.3, 0.4) is 0 Å². The lowest BCUT2D eigenvalue weighted by Gasteiger charge is -2.28. The van der Waals surface area contributed by atoms with Gasteiger partial charge in [-0.25, -0.2) is 0 Å². The number of phosphoric ester groups is 1. The lowest BCUT2D eigenvalue weighted by Crippen LogP contribution is -2.37. The number of carbonyl (C=O) groups is 2. The first-order valence-electron chi connectivity index (χ1n) is 25.5. The van der Waals surface area contributed by atoms with Gasteiger partial charge >= 0.3 is 11.9 Å². The minimum atomic E-state index is -4.66. The molecule has 0 aliphatic carbocycles. The number of quaternary nitrogens is 1. The molecular formula is C58H92NO8P. The Morgan fingerprint density at radius 2 is 0.794 bits per heavy atom. The van der Waals surface area contributed by atoms with Crippen LogP contribution in [0.4, 0.5) is 0 Å². The number of likely N-dealkylation sites (N-methyl/N-ethyl adjacent to an activating group) is 1. The summed E-state index contributed by atoms with van der Waals surface area (Å²) >= 11 is 0. The smallest absolute Gasteiger partial charge is 0.306 e. The summed E-state index contributed by atoms with van der Waals surface area (Å²) in [7, 11) is 1.09. The molecule has 0 saturated heterocycles. The SMILES string of the molecule is CC/C=C\C/C=C\C/C=C\C/C=C\C/C=C\C/C=C\CCCCCCC(=O)OC(COC(=O)CCCC/C=C\C/C=C\C/C=C\C/C=C\C/C=C\C/C=C\CC)COP(=O)([O-])OCC[N+](C)(C)C. The molecule has 0 N–H and O–H groups in total. The van der Waals surface area contributed by atoms with Gasteiger partial charge in [0, 0.05) is 12.8 Å². The Morgan fingerprint density at radius 1 is 0.456 bits per heavy atom. The molecule has 0 aromatic carbocycles. The third-order valence-corrected chi connectivity index (χ3v) is 10.8. The number of carbonyl (C=O) groups excluding carboxylic acids is 2. The summed E-state index contributed by atoms with van der Waals surface area (Å²) in [6, 6.07) is 0. The van der Waals surface area contributed by atoms with Crippen molar-refractivity contribution in [1.82, 2.24) is 0 Å². The Bertz CT molecular complexity index is 1650. The molecule has 0 amide bonds. The first kappa shape index (κ1) is 63.9. The molecule has 9 nitrogen and oxygen atoms in total. The van der Waals surface area contributed by atoms with E-state index in [-0.39, 0.29) is 26.1 Å². The third kappa shape index (κ3) is 51.3. The fraction of sp³-hybridized carbons (Fsp3) is 0.552. The van der Waals surface area contributed by atoms with Gasteiger partial charge in [0.05, 0.1) is 27.7 Å². The number of phosphoric acid groups is 1. The molecule has 0 rings (SSSR count). The van der Waals surface area contributed by atoms with E-state index < -0.39 is 32.5 Å². The van der Waals surface area contributed by atoms with Crippen molar-refractivity contribution in [2.24, 2.45) is 0 Å². The number of ether oxygens (including phenoxy) is 2. The van der Waals surface area contributed by atoms with Gasteiger partial charge in [-0.05, 0) is 116 Å². The number of esters is 2. The highest BCUT2D eigenvalue weighted by Crippen LogP contribution is 2.38. The number of rotatable bonds is 44. The molecule has 0 aromatic rings. The Morgan fingerprint density at radius 3 is 1.19 bits per heavy atom. The molecule has 2 unspecified atom stereocenters. The van der Waals surface area contributed by atoms with E-state index in [0.717, 1.165) is 116 Å². The van der Waals surface area contributed by atoms with E-state index in [1.807, 2.05) is 21.1 Å². The van der Waals surface area contributed by atoms with Gasteiger partial charge in [-0.15, -0.1) is 0 Å². The summed E-state index contributed by atoms with van der Waals surface area (Å²) in [5, 5.41) is 0. The van der Waals surface area contributed by atoms with E-state index >= 15 is 0 Å². The molecule has 0 aliphatic rings. The van der Waals surface area contributed by atoms with Crippen molar-refractivity contribution in [2.45, 2.75) is 161 Å². The zero-order chi connectivity index (χ0) is 49.9. The van der Waals surface area contributed by atoms with Crippen LogP contribution in [0, 0.1) is 0 Å². The Labute approximate surface area is 414 Å². The van der Waals surface area contributed by atoms with E-state index in [0.29, 0.717) is 23.9 Å². The summed E-state index contributed by atoms with van der Waals surface area (Å²) < 4.78 is 34.0. The van der Waals surface area contributed by atoms with Crippen molar-refractivity contribution in [3.05, 3.63) is 146 Å². The molecule has 382 valence electrons. The summed E-state index contributed by atoms with van der Waals surface area (Å²) in [6.45, 7) is 3.89. The molecule has 68 heavy (non-hydrogen) atoms. The minimum absolute atomic E-state index is 0.0532. The van der Waals surface area contributed by atoms with Crippen molar-refractivity contribution in [1.29, 1.82) is 0 Å². The second-order valence-electron chi connectivity index (χ2n) is 17.4. The van der Waals surface area contributed by atoms with Crippen LogP contribution in [-0.2, 0) is 32.7 Å². The van der Waals surface area contributed by atoms with E-state index in [1.54, 1.807) is 0 Å². The number of hydrogen-bond acceptors (Lipinski definition) is 8. The van der Waals surface area contributed by atoms with Gasteiger partial charge < -0.3 is 27.9 Å². The number of allylic oxidation sites excluding steroid dienone is 24. The van der Waals surface area contributed by atoms with E-state index in [1.165, 1.54) is 0 Å².